The largest absolute Gasteiger partial charge is 0.497 e. The van der Waals surface area contributed by atoms with Gasteiger partial charge in [-0.1, -0.05) is 11.6 Å². The standard InChI is InChI=1S/C19H15ClN2O5/c1-26-14-8-3-11(16(10-14)27-2)9-15-17(23)21-19(25)22(18(15)24)13-6-4-12(20)5-7-13/h3-10H,1-2H3,(H,21,23,25)/b15-9-. The third-order valence-electron chi connectivity index (χ3n) is 3.93. The zero-order valence-corrected chi connectivity index (χ0v) is 15.2. The van der Waals surface area contributed by atoms with E-state index in [2.05, 4.69) is 5.32 Å². The normalized spacial score (nSPS) is 15.7. The molecule has 0 bridgehead atoms. The highest BCUT2D eigenvalue weighted by molar-refractivity contribution is 6.39. The van der Waals surface area contributed by atoms with Crippen molar-refractivity contribution in [2.45, 2.75) is 0 Å². The molecule has 1 aliphatic heterocycles. The Hall–Kier alpha value is -3.32. The number of hydrogen-bond acceptors (Lipinski definition) is 5. The number of rotatable bonds is 4. The Balaban J connectivity index is 2.03. The Labute approximate surface area is 160 Å². The van der Waals surface area contributed by atoms with E-state index in [4.69, 9.17) is 21.1 Å². The molecule has 1 fully saturated rings. The number of anilines is 1. The summed E-state index contributed by atoms with van der Waals surface area (Å²) < 4.78 is 10.4. The molecule has 8 heteroatoms. The van der Waals surface area contributed by atoms with Crippen molar-refractivity contribution < 1.29 is 23.9 Å². The molecule has 7 nitrogen and oxygen atoms in total. The van der Waals surface area contributed by atoms with Crippen LogP contribution in [0.4, 0.5) is 10.5 Å². The number of barbiturate groups is 1. The SMILES string of the molecule is COc1ccc(/C=C2/C(=O)NC(=O)N(c3ccc(Cl)cc3)C2=O)c(OC)c1. The highest BCUT2D eigenvalue weighted by Crippen LogP contribution is 2.28. The molecule has 0 atom stereocenters. The first-order chi connectivity index (χ1) is 12.9. The number of imide groups is 2. The van der Waals surface area contributed by atoms with Gasteiger partial charge in [0, 0.05) is 16.7 Å². The lowest BCUT2D eigenvalue weighted by Gasteiger charge is -2.26. The minimum atomic E-state index is -0.828. The van der Waals surface area contributed by atoms with Crippen LogP contribution in [0.5, 0.6) is 11.5 Å². The summed E-state index contributed by atoms with van der Waals surface area (Å²) in [6.07, 6.45) is 1.37. The van der Waals surface area contributed by atoms with Gasteiger partial charge < -0.3 is 9.47 Å². The fourth-order valence-electron chi connectivity index (χ4n) is 2.58. The van der Waals surface area contributed by atoms with E-state index in [0.717, 1.165) is 4.90 Å². The van der Waals surface area contributed by atoms with Gasteiger partial charge in [0.05, 0.1) is 19.9 Å². The number of hydrogen-bond donors (Lipinski definition) is 1. The lowest BCUT2D eigenvalue weighted by molar-refractivity contribution is -0.122. The summed E-state index contributed by atoms with van der Waals surface area (Å²) in [4.78, 5) is 38.1. The molecule has 1 N–H and O–H groups in total. The fourth-order valence-corrected chi connectivity index (χ4v) is 2.70. The highest BCUT2D eigenvalue weighted by Gasteiger charge is 2.36. The second-order valence-electron chi connectivity index (χ2n) is 5.54. The van der Waals surface area contributed by atoms with Crippen molar-refractivity contribution in [1.82, 2.24) is 5.32 Å². The van der Waals surface area contributed by atoms with Gasteiger partial charge in [0.25, 0.3) is 11.8 Å². The zero-order valence-electron chi connectivity index (χ0n) is 14.5. The van der Waals surface area contributed by atoms with E-state index in [0.29, 0.717) is 27.8 Å². The van der Waals surface area contributed by atoms with E-state index in [1.165, 1.54) is 32.4 Å². The Morgan fingerprint density at radius 2 is 1.70 bits per heavy atom. The first-order valence-corrected chi connectivity index (χ1v) is 8.21. The maximum Gasteiger partial charge on any atom is 0.335 e. The third-order valence-corrected chi connectivity index (χ3v) is 4.18. The molecule has 0 aliphatic carbocycles. The molecule has 0 unspecified atom stereocenters. The second-order valence-corrected chi connectivity index (χ2v) is 5.98. The number of carbonyl (C=O) groups excluding carboxylic acids is 3. The molecule has 0 saturated carbocycles. The molecule has 3 rings (SSSR count). The van der Waals surface area contributed by atoms with E-state index >= 15 is 0 Å². The molecular weight excluding hydrogens is 372 g/mol. The van der Waals surface area contributed by atoms with Crippen molar-refractivity contribution >= 4 is 41.2 Å². The summed E-state index contributed by atoms with van der Waals surface area (Å²) in [6.45, 7) is 0. The van der Waals surface area contributed by atoms with Crippen molar-refractivity contribution in [1.29, 1.82) is 0 Å². The topological polar surface area (TPSA) is 84.9 Å². The predicted octanol–water partition coefficient (Wildman–Crippen LogP) is 3.02. The second kappa shape index (κ2) is 7.51. The van der Waals surface area contributed by atoms with Crippen molar-refractivity contribution in [3.63, 3.8) is 0 Å². The van der Waals surface area contributed by atoms with Crippen LogP contribution in [0.2, 0.25) is 5.02 Å². The molecule has 0 spiro atoms. The Bertz CT molecular complexity index is 953. The van der Waals surface area contributed by atoms with Gasteiger partial charge in [-0.25, -0.2) is 9.69 Å². The van der Waals surface area contributed by atoms with Crippen molar-refractivity contribution in [3.8, 4) is 11.5 Å². The average molecular weight is 387 g/mol. The van der Waals surface area contributed by atoms with Gasteiger partial charge in [-0.3, -0.25) is 14.9 Å². The Morgan fingerprint density at radius 1 is 1.00 bits per heavy atom. The first-order valence-electron chi connectivity index (χ1n) is 7.83. The minimum Gasteiger partial charge on any atom is -0.497 e. The van der Waals surface area contributed by atoms with Gasteiger partial charge >= 0.3 is 6.03 Å². The molecule has 0 aromatic heterocycles. The minimum absolute atomic E-state index is 0.201. The number of ether oxygens (including phenoxy) is 2. The number of halogens is 1. The number of nitrogens with one attached hydrogen (secondary N) is 1. The van der Waals surface area contributed by atoms with Gasteiger partial charge in [-0.05, 0) is 42.5 Å². The van der Waals surface area contributed by atoms with Gasteiger partial charge in [0.15, 0.2) is 0 Å². The summed E-state index contributed by atoms with van der Waals surface area (Å²) in [6, 6.07) is 10.2. The van der Waals surface area contributed by atoms with E-state index < -0.39 is 17.8 Å². The number of carbonyl (C=O) groups is 3. The van der Waals surface area contributed by atoms with Crippen LogP contribution in [0, 0.1) is 0 Å². The number of nitrogens with zero attached hydrogens (tertiary/aromatic N) is 1. The summed E-state index contributed by atoms with van der Waals surface area (Å²) >= 11 is 5.85. The summed E-state index contributed by atoms with van der Waals surface area (Å²) in [7, 11) is 2.98. The van der Waals surface area contributed by atoms with Crippen LogP contribution in [0.3, 0.4) is 0 Å². The Morgan fingerprint density at radius 3 is 2.33 bits per heavy atom. The molecule has 1 saturated heterocycles. The summed E-state index contributed by atoms with van der Waals surface area (Å²) in [5.74, 6) is -0.555. The lowest BCUT2D eigenvalue weighted by Crippen LogP contribution is -2.54. The monoisotopic (exact) mass is 386 g/mol. The molecule has 0 radical (unpaired) electrons. The van der Waals surface area contributed by atoms with Crippen molar-refractivity contribution in [2.75, 3.05) is 19.1 Å². The molecule has 1 heterocycles. The number of urea groups is 1. The number of methoxy groups -OCH3 is 2. The van der Waals surface area contributed by atoms with Crippen LogP contribution in [0.25, 0.3) is 6.08 Å². The Kier molecular flexibility index (Phi) is 5.14. The molecule has 138 valence electrons. The van der Waals surface area contributed by atoms with Crippen LogP contribution in [-0.2, 0) is 9.59 Å². The molecule has 1 aliphatic rings. The maximum atomic E-state index is 12.8. The lowest BCUT2D eigenvalue weighted by atomic mass is 10.1. The van der Waals surface area contributed by atoms with Crippen LogP contribution < -0.4 is 19.7 Å². The maximum absolute atomic E-state index is 12.8. The number of amides is 4. The molecule has 2 aromatic carbocycles. The number of benzene rings is 2. The van der Waals surface area contributed by atoms with Gasteiger partial charge in [0.1, 0.15) is 17.1 Å². The predicted molar refractivity (Wildman–Crippen MR) is 100.0 cm³/mol. The zero-order chi connectivity index (χ0) is 19.6. The summed E-state index contributed by atoms with van der Waals surface area (Å²) in [5, 5.41) is 2.62. The van der Waals surface area contributed by atoms with Gasteiger partial charge in [-0.2, -0.15) is 0 Å². The quantitative estimate of drug-likeness (QED) is 0.645. The van der Waals surface area contributed by atoms with E-state index in [9.17, 15) is 14.4 Å². The van der Waals surface area contributed by atoms with Crippen molar-refractivity contribution in [3.05, 3.63) is 58.6 Å². The summed E-state index contributed by atoms with van der Waals surface area (Å²) in [5.41, 5.74) is 0.581. The van der Waals surface area contributed by atoms with Crippen molar-refractivity contribution in [2.24, 2.45) is 0 Å². The average Bonchev–Trinajstić information content (AvgIpc) is 2.66. The molecule has 4 amide bonds. The molecule has 27 heavy (non-hydrogen) atoms. The van der Waals surface area contributed by atoms with Crippen LogP contribution in [-0.4, -0.2) is 32.1 Å². The van der Waals surface area contributed by atoms with Crippen LogP contribution >= 0.6 is 11.6 Å². The first kappa shape index (κ1) is 18.5. The molecule has 2 aromatic rings. The van der Waals surface area contributed by atoms with E-state index in [1.54, 1.807) is 30.3 Å². The van der Waals surface area contributed by atoms with E-state index in [-0.39, 0.29) is 5.57 Å². The molecular formula is C19H15ClN2O5. The fraction of sp³-hybridized carbons (Fsp3) is 0.105. The van der Waals surface area contributed by atoms with Gasteiger partial charge in [0.2, 0.25) is 0 Å². The van der Waals surface area contributed by atoms with Crippen LogP contribution in [0.1, 0.15) is 5.56 Å². The highest BCUT2D eigenvalue weighted by atomic mass is 35.5. The van der Waals surface area contributed by atoms with E-state index in [1.807, 2.05) is 0 Å². The van der Waals surface area contributed by atoms with Gasteiger partial charge in [-0.15, -0.1) is 0 Å². The smallest absolute Gasteiger partial charge is 0.335 e. The third kappa shape index (κ3) is 3.63. The van der Waals surface area contributed by atoms with Crippen LogP contribution in [0.15, 0.2) is 48.0 Å².